The van der Waals surface area contributed by atoms with Crippen molar-refractivity contribution in [2.45, 2.75) is 43.0 Å². The first-order valence-electron chi connectivity index (χ1n) is 8.47. The van der Waals surface area contributed by atoms with Gasteiger partial charge in [-0.25, -0.2) is 13.4 Å². The molecule has 0 amide bonds. The number of anilines is 1. The van der Waals surface area contributed by atoms with Gasteiger partial charge >= 0.3 is 0 Å². The Labute approximate surface area is 138 Å². The normalized spacial score (nSPS) is 22.1. The first-order valence-corrected chi connectivity index (χ1v) is 9.91. The highest BCUT2D eigenvalue weighted by Crippen LogP contribution is 2.22. The van der Waals surface area contributed by atoms with E-state index >= 15 is 0 Å². The lowest BCUT2D eigenvalue weighted by Crippen LogP contribution is -2.47. The molecule has 7 heteroatoms. The molecule has 128 valence electrons. The van der Waals surface area contributed by atoms with Crippen molar-refractivity contribution in [1.82, 2.24) is 14.2 Å². The smallest absolute Gasteiger partial charge is 0.244 e. The molecule has 0 unspecified atom stereocenters. The van der Waals surface area contributed by atoms with E-state index in [1.807, 2.05) is 7.05 Å². The number of nitrogens with one attached hydrogen (secondary N) is 1. The van der Waals surface area contributed by atoms with Crippen LogP contribution in [0.25, 0.3) is 0 Å². The fourth-order valence-electron chi connectivity index (χ4n) is 3.25. The third-order valence-corrected chi connectivity index (χ3v) is 6.68. The van der Waals surface area contributed by atoms with Crippen LogP contribution in [0.4, 0.5) is 5.82 Å². The Balaban J connectivity index is 1.66. The average Bonchev–Trinajstić information content (AvgIpc) is 2.57. The standard InChI is InChI=1S/C16H26N4O2S/c1-19-9-11-20(12-10-19)23(21,22)15-7-8-16(17-13-15)18-14-5-3-2-4-6-14/h7-8,13-14H,2-6,9-12H2,1H3,(H,17,18). The predicted molar refractivity (Wildman–Crippen MR) is 91.0 cm³/mol. The average molecular weight is 338 g/mol. The Bertz CT molecular complexity index is 603. The van der Waals surface area contributed by atoms with Crippen molar-refractivity contribution in [2.75, 3.05) is 38.5 Å². The molecule has 0 atom stereocenters. The highest BCUT2D eigenvalue weighted by atomic mass is 32.2. The van der Waals surface area contributed by atoms with Crippen LogP contribution in [0.15, 0.2) is 23.2 Å². The summed E-state index contributed by atoms with van der Waals surface area (Å²) in [6.45, 7) is 2.63. The van der Waals surface area contributed by atoms with Crippen molar-refractivity contribution >= 4 is 15.8 Å². The summed E-state index contributed by atoms with van der Waals surface area (Å²) >= 11 is 0. The second-order valence-electron chi connectivity index (χ2n) is 6.57. The van der Waals surface area contributed by atoms with Crippen molar-refractivity contribution in [1.29, 1.82) is 0 Å². The molecule has 2 heterocycles. The second kappa shape index (κ2) is 7.15. The van der Waals surface area contributed by atoms with Crippen LogP contribution in [0, 0.1) is 0 Å². The quantitative estimate of drug-likeness (QED) is 0.906. The van der Waals surface area contributed by atoms with Crippen molar-refractivity contribution in [3.8, 4) is 0 Å². The molecular weight excluding hydrogens is 312 g/mol. The van der Waals surface area contributed by atoms with Crippen LogP contribution in [-0.2, 0) is 10.0 Å². The minimum Gasteiger partial charge on any atom is -0.367 e. The fraction of sp³-hybridized carbons (Fsp3) is 0.688. The number of sulfonamides is 1. The van der Waals surface area contributed by atoms with Gasteiger partial charge in [0.2, 0.25) is 10.0 Å². The zero-order valence-electron chi connectivity index (χ0n) is 13.7. The maximum absolute atomic E-state index is 12.6. The molecule has 0 aromatic carbocycles. The van der Waals surface area contributed by atoms with Crippen LogP contribution in [0.3, 0.4) is 0 Å². The number of nitrogens with zero attached hydrogens (tertiary/aromatic N) is 3. The van der Waals surface area contributed by atoms with Gasteiger partial charge < -0.3 is 10.2 Å². The summed E-state index contributed by atoms with van der Waals surface area (Å²) in [5.74, 6) is 0.772. The molecule has 6 nitrogen and oxygen atoms in total. The van der Waals surface area contributed by atoms with Crippen molar-refractivity contribution in [3.05, 3.63) is 18.3 Å². The summed E-state index contributed by atoms with van der Waals surface area (Å²) in [5, 5.41) is 3.42. The lowest BCUT2D eigenvalue weighted by Gasteiger charge is -2.31. The van der Waals surface area contributed by atoms with Crippen LogP contribution in [0.5, 0.6) is 0 Å². The maximum atomic E-state index is 12.6. The number of likely N-dealkylation sites (N-methyl/N-ethyl adjacent to an activating group) is 1. The number of rotatable bonds is 4. The van der Waals surface area contributed by atoms with Crippen LogP contribution >= 0.6 is 0 Å². The van der Waals surface area contributed by atoms with Gasteiger partial charge in [-0.15, -0.1) is 0 Å². The molecule has 1 aliphatic heterocycles. The van der Waals surface area contributed by atoms with Gasteiger partial charge in [-0.1, -0.05) is 19.3 Å². The minimum absolute atomic E-state index is 0.288. The predicted octanol–water partition coefficient (Wildman–Crippen LogP) is 1.76. The van der Waals surface area contributed by atoms with Gasteiger partial charge in [0.05, 0.1) is 0 Å². The molecule has 1 saturated carbocycles. The molecule has 1 aromatic heterocycles. The Hall–Kier alpha value is -1.18. The van der Waals surface area contributed by atoms with Gasteiger partial charge in [0, 0.05) is 38.4 Å². The van der Waals surface area contributed by atoms with Gasteiger partial charge in [-0.2, -0.15) is 4.31 Å². The lowest BCUT2D eigenvalue weighted by molar-refractivity contribution is 0.222. The highest BCUT2D eigenvalue weighted by molar-refractivity contribution is 7.89. The van der Waals surface area contributed by atoms with Crippen LogP contribution in [-0.4, -0.2) is 61.9 Å². The molecule has 1 saturated heterocycles. The molecular formula is C16H26N4O2S. The molecule has 3 rings (SSSR count). The van der Waals surface area contributed by atoms with Gasteiger partial charge in [-0.3, -0.25) is 0 Å². The summed E-state index contributed by atoms with van der Waals surface area (Å²) < 4.78 is 26.8. The SMILES string of the molecule is CN1CCN(S(=O)(=O)c2ccc(NC3CCCCC3)nc2)CC1. The monoisotopic (exact) mass is 338 g/mol. The largest absolute Gasteiger partial charge is 0.367 e. The van der Waals surface area contributed by atoms with E-state index < -0.39 is 10.0 Å². The van der Waals surface area contributed by atoms with E-state index in [1.165, 1.54) is 38.3 Å². The Morgan fingerprint density at radius 3 is 2.39 bits per heavy atom. The van der Waals surface area contributed by atoms with Crippen LogP contribution in [0.2, 0.25) is 0 Å². The Morgan fingerprint density at radius 2 is 1.78 bits per heavy atom. The summed E-state index contributed by atoms with van der Waals surface area (Å²) in [7, 11) is -1.41. The Morgan fingerprint density at radius 1 is 1.09 bits per heavy atom. The number of pyridine rings is 1. The summed E-state index contributed by atoms with van der Waals surface area (Å²) in [5.41, 5.74) is 0. The molecule has 1 aliphatic carbocycles. The summed E-state index contributed by atoms with van der Waals surface area (Å²) in [6.07, 6.45) is 7.65. The topological polar surface area (TPSA) is 65.5 Å². The molecule has 23 heavy (non-hydrogen) atoms. The van der Waals surface area contributed by atoms with Crippen LogP contribution in [0.1, 0.15) is 32.1 Å². The minimum atomic E-state index is -3.42. The summed E-state index contributed by atoms with van der Waals surface area (Å²) in [4.78, 5) is 6.75. The maximum Gasteiger partial charge on any atom is 0.244 e. The third-order valence-electron chi connectivity index (χ3n) is 4.79. The van der Waals surface area contributed by atoms with Gasteiger partial charge in [0.1, 0.15) is 10.7 Å². The molecule has 0 radical (unpaired) electrons. The molecule has 2 fully saturated rings. The second-order valence-corrected chi connectivity index (χ2v) is 8.50. The summed E-state index contributed by atoms with van der Waals surface area (Å²) in [6, 6.07) is 3.93. The van der Waals surface area contributed by atoms with Crippen LogP contribution < -0.4 is 5.32 Å². The van der Waals surface area contributed by atoms with Crippen molar-refractivity contribution in [3.63, 3.8) is 0 Å². The van der Waals surface area contributed by atoms with E-state index in [1.54, 1.807) is 16.4 Å². The zero-order chi connectivity index (χ0) is 16.3. The van der Waals surface area contributed by atoms with Gasteiger partial charge in [0.15, 0.2) is 0 Å². The van der Waals surface area contributed by atoms with Crippen molar-refractivity contribution in [2.24, 2.45) is 0 Å². The third kappa shape index (κ3) is 4.02. The van der Waals surface area contributed by atoms with Gasteiger partial charge in [-0.05, 0) is 32.0 Å². The number of hydrogen-bond acceptors (Lipinski definition) is 5. The molecule has 2 aliphatic rings. The number of hydrogen-bond donors (Lipinski definition) is 1. The van der Waals surface area contributed by atoms with E-state index in [-0.39, 0.29) is 4.90 Å². The molecule has 1 N–H and O–H groups in total. The molecule has 1 aromatic rings. The van der Waals surface area contributed by atoms with E-state index in [0.717, 1.165) is 18.9 Å². The van der Waals surface area contributed by atoms with E-state index in [9.17, 15) is 8.42 Å². The van der Waals surface area contributed by atoms with E-state index in [0.29, 0.717) is 19.1 Å². The highest BCUT2D eigenvalue weighted by Gasteiger charge is 2.27. The van der Waals surface area contributed by atoms with Gasteiger partial charge in [0.25, 0.3) is 0 Å². The number of piperazine rings is 1. The first kappa shape index (κ1) is 16.7. The molecule has 0 spiro atoms. The zero-order valence-corrected chi connectivity index (χ0v) is 14.6. The number of aromatic nitrogens is 1. The first-order chi connectivity index (χ1) is 11.1. The fourth-order valence-corrected chi connectivity index (χ4v) is 4.62. The molecule has 0 bridgehead atoms. The Kier molecular flexibility index (Phi) is 5.18. The van der Waals surface area contributed by atoms with Crippen molar-refractivity contribution < 1.29 is 8.42 Å². The van der Waals surface area contributed by atoms with E-state index in [4.69, 9.17) is 0 Å². The van der Waals surface area contributed by atoms with E-state index in [2.05, 4.69) is 15.2 Å². The lowest BCUT2D eigenvalue weighted by atomic mass is 9.95.